The molecule has 182 valence electrons. The van der Waals surface area contributed by atoms with Crippen LogP contribution >= 0.6 is 23.2 Å². The van der Waals surface area contributed by atoms with Gasteiger partial charge < -0.3 is 0 Å². The molecule has 0 bridgehead atoms. The SMILES string of the molecule is C[C@@H]1CC[C@H]2C(=O)N(N(CC(=O)c3ccc([N+](=O)[O-])cc3)C(=O)c3ccc(Cl)c(Cl)c3)C(=O)[C@@H]2C1. The van der Waals surface area contributed by atoms with Gasteiger partial charge in [-0.25, -0.2) is 5.01 Å². The number of hydrogen-bond acceptors (Lipinski definition) is 6. The number of rotatable bonds is 6. The van der Waals surface area contributed by atoms with Crippen LogP contribution in [0.5, 0.6) is 0 Å². The van der Waals surface area contributed by atoms with Gasteiger partial charge in [0, 0.05) is 23.3 Å². The lowest BCUT2D eigenvalue weighted by molar-refractivity contribution is -0.384. The minimum atomic E-state index is -0.771. The van der Waals surface area contributed by atoms with Crippen LogP contribution in [0, 0.1) is 27.9 Å². The van der Waals surface area contributed by atoms with Gasteiger partial charge in [-0.05, 0) is 55.5 Å². The molecule has 1 saturated carbocycles. The molecule has 0 N–H and O–H groups in total. The van der Waals surface area contributed by atoms with E-state index in [0.29, 0.717) is 12.8 Å². The van der Waals surface area contributed by atoms with Gasteiger partial charge in [0.1, 0.15) is 6.54 Å². The molecule has 35 heavy (non-hydrogen) atoms. The molecule has 2 fully saturated rings. The van der Waals surface area contributed by atoms with Gasteiger partial charge in [-0.3, -0.25) is 29.3 Å². The number of amides is 3. The maximum absolute atomic E-state index is 13.5. The first-order valence-electron chi connectivity index (χ1n) is 11.0. The van der Waals surface area contributed by atoms with Crippen LogP contribution in [0.15, 0.2) is 42.5 Å². The van der Waals surface area contributed by atoms with Crippen LogP contribution < -0.4 is 0 Å². The number of benzene rings is 2. The molecule has 11 heteroatoms. The molecule has 1 saturated heterocycles. The van der Waals surface area contributed by atoms with Crippen LogP contribution in [0.25, 0.3) is 0 Å². The minimum absolute atomic E-state index is 0.0414. The van der Waals surface area contributed by atoms with E-state index in [1.165, 1.54) is 42.5 Å². The molecule has 2 aromatic rings. The monoisotopic (exact) mass is 517 g/mol. The normalized spacial score (nSPS) is 21.6. The number of imide groups is 1. The van der Waals surface area contributed by atoms with Gasteiger partial charge >= 0.3 is 0 Å². The fraction of sp³-hybridized carbons (Fsp3) is 0.333. The second-order valence-electron chi connectivity index (χ2n) is 8.84. The van der Waals surface area contributed by atoms with Crippen molar-refractivity contribution in [2.24, 2.45) is 17.8 Å². The zero-order valence-electron chi connectivity index (χ0n) is 18.6. The number of nitrogens with zero attached hydrogens (tertiary/aromatic N) is 3. The van der Waals surface area contributed by atoms with Crippen molar-refractivity contribution in [3.05, 3.63) is 73.8 Å². The van der Waals surface area contributed by atoms with Crippen molar-refractivity contribution in [1.29, 1.82) is 0 Å². The smallest absolute Gasteiger partial charge is 0.273 e. The molecule has 2 aliphatic rings. The fourth-order valence-corrected chi connectivity index (χ4v) is 4.92. The number of halogens is 2. The molecule has 0 aromatic heterocycles. The average molecular weight is 518 g/mol. The van der Waals surface area contributed by atoms with Gasteiger partial charge in [-0.1, -0.05) is 30.1 Å². The molecule has 0 spiro atoms. The summed E-state index contributed by atoms with van der Waals surface area (Å²) in [7, 11) is 0. The summed E-state index contributed by atoms with van der Waals surface area (Å²) >= 11 is 12.0. The predicted molar refractivity (Wildman–Crippen MR) is 127 cm³/mol. The molecule has 0 radical (unpaired) electrons. The van der Waals surface area contributed by atoms with Gasteiger partial charge in [0.05, 0.1) is 26.8 Å². The highest BCUT2D eigenvalue weighted by Crippen LogP contribution is 2.41. The maximum atomic E-state index is 13.5. The van der Waals surface area contributed by atoms with E-state index in [2.05, 4.69) is 0 Å². The highest BCUT2D eigenvalue weighted by molar-refractivity contribution is 6.42. The molecular weight excluding hydrogens is 497 g/mol. The van der Waals surface area contributed by atoms with Gasteiger partial charge in [-0.15, -0.1) is 0 Å². The Balaban J connectivity index is 1.69. The summed E-state index contributed by atoms with van der Waals surface area (Å²) in [5.74, 6) is -3.24. The van der Waals surface area contributed by atoms with Gasteiger partial charge in [-0.2, -0.15) is 5.01 Å². The highest BCUT2D eigenvalue weighted by atomic mass is 35.5. The zero-order valence-corrected chi connectivity index (χ0v) is 20.2. The number of hydrazine groups is 1. The van der Waals surface area contributed by atoms with E-state index in [9.17, 15) is 29.3 Å². The number of non-ortho nitro benzene ring substituents is 1. The van der Waals surface area contributed by atoms with Gasteiger partial charge in [0.15, 0.2) is 5.78 Å². The van der Waals surface area contributed by atoms with Crippen molar-refractivity contribution in [3.63, 3.8) is 0 Å². The minimum Gasteiger partial charge on any atom is -0.292 e. The molecule has 3 atom stereocenters. The second-order valence-corrected chi connectivity index (χ2v) is 9.65. The molecule has 9 nitrogen and oxygen atoms in total. The first kappa shape index (κ1) is 24.8. The molecular formula is C24H21Cl2N3O6. The topological polar surface area (TPSA) is 118 Å². The third kappa shape index (κ3) is 4.78. The highest BCUT2D eigenvalue weighted by Gasteiger charge is 2.52. The maximum Gasteiger partial charge on any atom is 0.273 e. The van der Waals surface area contributed by atoms with Crippen LogP contribution in [-0.4, -0.2) is 45.0 Å². The van der Waals surface area contributed by atoms with Crippen LogP contribution in [-0.2, 0) is 9.59 Å². The van der Waals surface area contributed by atoms with Crippen molar-refractivity contribution >= 4 is 52.4 Å². The van der Waals surface area contributed by atoms with Crippen LogP contribution in [0.1, 0.15) is 46.9 Å². The number of Topliss-reactive ketones (excluding diaryl/α,β-unsaturated/α-hetero) is 1. The number of carbonyl (C=O) groups excluding carboxylic acids is 4. The molecule has 3 amide bonds. The van der Waals surface area contributed by atoms with E-state index < -0.39 is 46.8 Å². The number of fused-ring (bicyclic) bond motifs is 1. The summed E-state index contributed by atoms with van der Waals surface area (Å²) in [5, 5.41) is 12.9. The van der Waals surface area contributed by atoms with E-state index in [1.807, 2.05) is 6.92 Å². The largest absolute Gasteiger partial charge is 0.292 e. The average Bonchev–Trinajstić information content (AvgIpc) is 3.07. The molecule has 1 heterocycles. The predicted octanol–water partition coefficient (Wildman–Crippen LogP) is 4.56. The first-order chi connectivity index (χ1) is 16.6. The number of hydrogen-bond donors (Lipinski definition) is 0. The molecule has 1 aliphatic carbocycles. The van der Waals surface area contributed by atoms with E-state index in [0.717, 1.165) is 16.4 Å². The summed E-state index contributed by atoms with van der Waals surface area (Å²) < 4.78 is 0. The number of carbonyl (C=O) groups is 4. The van der Waals surface area contributed by atoms with Crippen molar-refractivity contribution in [2.75, 3.05) is 6.54 Å². The summed E-state index contributed by atoms with van der Waals surface area (Å²) in [4.78, 5) is 63.5. The molecule has 0 unspecified atom stereocenters. The summed E-state index contributed by atoms with van der Waals surface area (Å²) in [6.45, 7) is 1.39. The van der Waals surface area contributed by atoms with Crippen molar-refractivity contribution in [1.82, 2.24) is 10.0 Å². The zero-order chi connectivity index (χ0) is 25.4. The lowest BCUT2D eigenvalue weighted by Gasteiger charge is -2.30. The van der Waals surface area contributed by atoms with Gasteiger partial charge in [0.25, 0.3) is 23.4 Å². The molecule has 2 aromatic carbocycles. The van der Waals surface area contributed by atoms with Crippen LogP contribution in [0.3, 0.4) is 0 Å². The summed E-state index contributed by atoms with van der Waals surface area (Å²) in [6, 6.07) is 8.95. The summed E-state index contributed by atoms with van der Waals surface area (Å²) in [5.41, 5.74) is -0.0687. The number of ketones is 1. The van der Waals surface area contributed by atoms with Crippen molar-refractivity contribution < 1.29 is 24.1 Å². The van der Waals surface area contributed by atoms with E-state index in [1.54, 1.807) is 0 Å². The molecule has 1 aliphatic heterocycles. The Morgan fingerprint density at radius 2 is 1.63 bits per heavy atom. The quantitative estimate of drug-likeness (QED) is 0.240. The van der Waals surface area contributed by atoms with E-state index in [4.69, 9.17) is 23.2 Å². The Kier molecular flexibility index (Phi) is 6.91. The lowest BCUT2D eigenvalue weighted by Crippen LogP contribution is -2.52. The third-order valence-electron chi connectivity index (χ3n) is 6.50. The number of nitro groups is 1. The molecule has 4 rings (SSSR count). The van der Waals surface area contributed by atoms with E-state index in [-0.39, 0.29) is 32.8 Å². The Labute approximate surface area is 210 Å². The Hall–Kier alpha value is -3.30. The van der Waals surface area contributed by atoms with Crippen molar-refractivity contribution in [3.8, 4) is 0 Å². The second kappa shape index (κ2) is 9.75. The van der Waals surface area contributed by atoms with E-state index >= 15 is 0 Å². The first-order valence-corrected chi connectivity index (χ1v) is 11.8. The Morgan fingerprint density at radius 3 is 2.26 bits per heavy atom. The number of nitro benzene ring substituents is 1. The standard InChI is InChI=1S/C24H21Cl2N3O6/c1-13-2-8-17-18(10-13)24(33)28(23(17)32)27(22(31)15-5-9-19(25)20(26)11-15)12-21(30)14-3-6-16(7-4-14)29(34)35/h3-7,9,11,13,17-18H,2,8,10,12H2,1H3/t13-,17-,18-/m1/s1. The third-order valence-corrected chi connectivity index (χ3v) is 7.24. The van der Waals surface area contributed by atoms with Crippen LogP contribution in [0.4, 0.5) is 5.69 Å². The lowest BCUT2D eigenvalue weighted by atomic mass is 9.76. The fourth-order valence-electron chi connectivity index (χ4n) is 4.62. The summed E-state index contributed by atoms with van der Waals surface area (Å²) in [6.07, 6.45) is 1.84. The van der Waals surface area contributed by atoms with Gasteiger partial charge in [0.2, 0.25) is 0 Å². The Bertz CT molecular complexity index is 1230. The Morgan fingerprint density at radius 1 is 1.00 bits per heavy atom. The van der Waals surface area contributed by atoms with Crippen molar-refractivity contribution in [2.45, 2.75) is 26.2 Å². The van der Waals surface area contributed by atoms with Crippen LogP contribution in [0.2, 0.25) is 10.0 Å².